The number of hydrogen-bond donors (Lipinski definition) is 1. The zero-order chi connectivity index (χ0) is 18.5. The van der Waals surface area contributed by atoms with Gasteiger partial charge in [-0.25, -0.2) is 9.67 Å². The van der Waals surface area contributed by atoms with Crippen molar-refractivity contribution >= 4 is 39.2 Å². The van der Waals surface area contributed by atoms with Gasteiger partial charge < -0.3 is 5.32 Å². The molecule has 26 heavy (non-hydrogen) atoms. The zero-order valence-electron chi connectivity index (χ0n) is 15.0. The largest absolute Gasteiger partial charge is 0.352 e. The van der Waals surface area contributed by atoms with Crippen molar-refractivity contribution in [3.05, 3.63) is 29.3 Å². The number of thiazole rings is 1. The highest BCUT2D eigenvalue weighted by Crippen LogP contribution is 2.22. The number of nitrogens with one attached hydrogen (secondary N) is 1. The molecule has 1 atom stereocenters. The average Bonchev–Trinajstić information content (AvgIpc) is 3.18. The van der Waals surface area contributed by atoms with Gasteiger partial charge in [0.15, 0.2) is 0 Å². The van der Waals surface area contributed by atoms with Crippen molar-refractivity contribution in [3.8, 4) is 0 Å². The number of hydrogen-bond acceptors (Lipinski definition) is 7. The number of benzene rings is 1. The fourth-order valence-electron chi connectivity index (χ4n) is 2.53. The molecule has 0 bridgehead atoms. The van der Waals surface area contributed by atoms with Gasteiger partial charge in [0.25, 0.3) is 0 Å². The molecule has 2 heterocycles. The van der Waals surface area contributed by atoms with E-state index in [1.807, 2.05) is 25.1 Å². The molecule has 2 aromatic heterocycles. The molecule has 9 heteroatoms. The van der Waals surface area contributed by atoms with Crippen LogP contribution < -0.4 is 5.32 Å². The Hall–Kier alpha value is -2.00. The van der Waals surface area contributed by atoms with E-state index in [1.54, 1.807) is 16.0 Å². The second-order valence-electron chi connectivity index (χ2n) is 6.57. The Bertz CT molecular complexity index is 842. The van der Waals surface area contributed by atoms with Crippen LogP contribution in [0.15, 0.2) is 29.4 Å². The van der Waals surface area contributed by atoms with Crippen molar-refractivity contribution in [2.24, 2.45) is 5.92 Å². The predicted octanol–water partition coefficient (Wildman–Crippen LogP) is 2.78. The Balaban J connectivity index is 1.49. The highest BCUT2D eigenvalue weighted by Gasteiger charge is 2.14. The maximum absolute atomic E-state index is 12.2. The summed E-state index contributed by atoms with van der Waals surface area (Å²) in [6.07, 6.45) is 0.723. The molecule has 0 radical (unpaired) electrons. The van der Waals surface area contributed by atoms with Crippen LogP contribution in [-0.4, -0.2) is 42.9 Å². The van der Waals surface area contributed by atoms with Gasteiger partial charge in [-0.3, -0.25) is 4.79 Å². The molecule has 0 aliphatic heterocycles. The van der Waals surface area contributed by atoms with E-state index in [4.69, 9.17) is 0 Å². The normalized spacial score (nSPS) is 12.6. The molecule has 0 saturated carbocycles. The first-order chi connectivity index (χ1) is 12.5. The molecular formula is C17H22N6OS2. The molecule has 7 nitrogen and oxygen atoms in total. The number of rotatable bonds is 8. The summed E-state index contributed by atoms with van der Waals surface area (Å²) < 4.78 is 2.92. The van der Waals surface area contributed by atoms with Crippen molar-refractivity contribution in [2.45, 2.75) is 44.9 Å². The van der Waals surface area contributed by atoms with Crippen molar-refractivity contribution in [1.29, 1.82) is 0 Å². The highest BCUT2D eigenvalue weighted by atomic mass is 32.2. The summed E-state index contributed by atoms with van der Waals surface area (Å²) in [6.45, 7) is 6.95. The Morgan fingerprint density at radius 2 is 2.12 bits per heavy atom. The Morgan fingerprint density at radius 3 is 2.88 bits per heavy atom. The minimum Gasteiger partial charge on any atom is -0.352 e. The lowest BCUT2D eigenvalue weighted by atomic mass is 10.2. The molecule has 0 spiro atoms. The predicted molar refractivity (Wildman–Crippen MR) is 104 cm³/mol. The molecular weight excluding hydrogens is 368 g/mol. The van der Waals surface area contributed by atoms with E-state index < -0.39 is 0 Å². The van der Waals surface area contributed by atoms with E-state index in [9.17, 15) is 4.79 Å². The number of amides is 1. The number of carbonyl (C=O) groups excluding carboxylic acids is 1. The zero-order valence-corrected chi connectivity index (χ0v) is 16.7. The number of fused-ring (bicyclic) bond motifs is 1. The minimum absolute atomic E-state index is 0.0234. The van der Waals surface area contributed by atoms with Crippen molar-refractivity contribution in [1.82, 2.24) is 30.5 Å². The molecule has 1 unspecified atom stereocenters. The monoisotopic (exact) mass is 390 g/mol. The fraction of sp³-hybridized carbons (Fsp3) is 0.471. The summed E-state index contributed by atoms with van der Waals surface area (Å²) in [6, 6.07) is 8.10. The smallest absolute Gasteiger partial charge is 0.230 e. The molecule has 0 fully saturated rings. The average molecular weight is 391 g/mol. The lowest BCUT2D eigenvalue weighted by Gasteiger charge is -2.12. The Morgan fingerprint density at radius 1 is 1.31 bits per heavy atom. The van der Waals surface area contributed by atoms with E-state index in [-0.39, 0.29) is 11.9 Å². The number of thioether (sulfide) groups is 1. The van der Waals surface area contributed by atoms with Gasteiger partial charge in [0.1, 0.15) is 0 Å². The molecule has 0 aliphatic carbocycles. The molecule has 1 amide bonds. The van der Waals surface area contributed by atoms with Gasteiger partial charge in [0, 0.05) is 19.0 Å². The number of para-hydroxylation sites is 1. The maximum Gasteiger partial charge on any atom is 0.230 e. The van der Waals surface area contributed by atoms with Crippen LogP contribution in [0.25, 0.3) is 10.2 Å². The summed E-state index contributed by atoms with van der Waals surface area (Å²) in [5, 5.41) is 16.4. The van der Waals surface area contributed by atoms with Gasteiger partial charge >= 0.3 is 0 Å². The van der Waals surface area contributed by atoms with Gasteiger partial charge in [-0.15, -0.1) is 16.4 Å². The second kappa shape index (κ2) is 8.59. The summed E-state index contributed by atoms with van der Waals surface area (Å²) >= 11 is 3.03. The van der Waals surface area contributed by atoms with Crippen LogP contribution in [0.4, 0.5) is 0 Å². The highest BCUT2D eigenvalue weighted by molar-refractivity contribution is 7.99. The fourth-order valence-corrected chi connectivity index (χ4v) is 4.32. The van der Waals surface area contributed by atoms with Crippen LogP contribution in [-0.2, 0) is 17.8 Å². The molecule has 3 rings (SSSR count). The van der Waals surface area contributed by atoms with Crippen LogP contribution in [0.3, 0.4) is 0 Å². The molecule has 1 aromatic carbocycles. The Kier molecular flexibility index (Phi) is 6.20. The van der Waals surface area contributed by atoms with Gasteiger partial charge in [0.05, 0.1) is 21.0 Å². The first-order valence-electron chi connectivity index (χ1n) is 8.54. The van der Waals surface area contributed by atoms with Gasteiger partial charge in [-0.05, 0) is 35.4 Å². The number of carbonyl (C=O) groups is 1. The van der Waals surface area contributed by atoms with Crippen LogP contribution in [0.1, 0.15) is 25.8 Å². The lowest BCUT2D eigenvalue weighted by molar-refractivity contribution is -0.119. The van der Waals surface area contributed by atoms with Crippen molar-refractivity contribution < 1.29 is 4.79 Å². The number of tetrazole rings is 1. The third-order valence-electron chi connectivity index (χ3n) is 3.60. The summed E-state index contributed by atoms with van der Waals surface area (Å²) in [5.41, 5.74) is 1.01. The number of nitrogens with zero attached hydrogens (tertiary/aromatic N) is 5. The van der Waals surface area contributed by atoms with Gasteiger partial charge in [-0.1, -0.05) is 37.7 Å². The summed E-state index contributed by atoms with van der Waals surface area (Å²) in [4.78, 5) is 16.8. The van der Waals surface area contributed by atoms with E-state index in [1.165, 1.54) is 16.5 Å². The van der Waals surface area contributed by atoms with Crippen LogP contribution >= 0.6 is 23.1 Å². The third-order valence-corrected chi connectivity index (χ3v) is 5.61. The van der Waals surface area contributed by atoms with Crippen LogP contribution in [0.5, 0.6) is 0 Å². The number of aromatic nitrogens is 5. The summed E-state index contributed by atoms with van der Waals surface area (Å²) in [5.74, 6) is 0.714. The third kappa shape index (κ3) is 5.01. The molecule has 0 saturated heterocycles. The van der Waals surface area contributed by atoms with Gasteiger partial charge in [0.2, 0.25) is 11.1 Å². The SMILES string of the molecule is CC(C)Cn1nnnc1SCC(=O)NC(C)Cc1nc2ccccc2s1. The molecule has 138 valence electrons. The van der Waals surface area contributed by atoms with Gasteiger partial charge in [-0.2, -0.15) is 0 Å². The van der Waals surface area contributed by atoms with Crippen LogP contribution in [0, 0.1) is 5.92 Å². The molecule has 1 N–H and O–H groups in total. The van der Waals surface area contributed by atoms with Crippen LogP contribution in [0.2, 0.25) is 0 Å². The Labute approximate surface area is 160 Å². The first-order valence-corrected chi connectivity index (χ1v) is 10.3. The molecule has 3 aromatic rings. The minimum atomic E-state index is -0.0253. The van der Waals surface area contributed by atoms with Crippen molar-refractivity contribution in [2.75, 3.05) is 5.75 Å². The standard InChI is InChI=1S/C17H22N6OS2/c1-11(2)9-23-17(20-21-22-23)25-10-15(24)18-12(3)8-16-19-13-6-4-5-7-14(13)26-16/h4-7,11-12H,8-10H2,1-3H3,(H,18,24). The molecule has 0 aliphatic rings. The van der Waals surface area contributed by atoms with E-state index in [0.717, 1.165) is 23.5 Å². The second-order valence-corrected chi connectivity index (χ2v) is 8.63. The maximum atomic E-state index is 12.2. The van der Waals surface area contributed by atoms with E-state index >= 15 is 0 Å². The first kappa shape index (κ1) is 18.8. The summed E-state index contributed by atoms with van der Waals surface area (Å²) in [7, 11) is 0. The topological polar surface area (TPSA) is 85.6 Å². The quantitative estimate of drug-likeness (QED) is 0.595. The van der Waals surface area contributed by atoms with E-state index in [2.05, 4.69) is 45.7 Å². The van der Waals surface area contributed by atoms with E-state index in [0.29, 0.717) is 16.8 Å². The lowest BCUT2D eigenvalue weighted by Crippen LogP contribution is -2.35. The van der Waals surface area contributed by atoms with Crippen molar-refractivity contribution in [3.63, 3.8) is 0 Å².